The number of aryl methyl sites for hydroxylation is 1. The van der Waals surface area contributed by atoms with Gasteiger partial charge in [0, 0.05) is 42.5 Å². The molecule has 3 heterocycles. The standard InChI is InChI=1S/C23H26N6O2/c1-15-6-8-17(9-7-15)28-14-16(12-20(28)30)21(31)26-19-13-18(23(2,3)4)27-29(19)22-24-10-5-11-25-22/h5-11,13,16H,12,14H2,1-4H3,(H,26,31). The Bertz CT molecular complexity index is 1100. The van der Waals surface area contributed by atoms with E-state index in [-0.39, 0.29) is 23.7 Å². The molecule has 1 aliphatic rings. The summed E-state index contributed by atoms with van der Waals surface area (Å²) in [5.74, 6) is 0.131. The number of anilines is 2. The van der Waals surface area contributed by atoms with Gasteiger partial charge in [0.15, 0.2) is 0 Å². The minimum atomic E-state index is -0.452. The third kappa shape index (κ3) is 4.33. The number of rotatable bonds is 4. The van der Waals surface area contributed by atoms with Crippen LogP contribution in [0.15, 0.2) is 48.8 Å². The van der Waals surface area contributed by atoms with Crippen molar-refractivity contribution in [2.24, 2.45) is 5.92 Å². The van der Waals surface area contributed by atoms with Gasteiger partial charge in [0.1, 0.15) is 5.82 Å². The fraction of sp³-hybridized carbons (Fsp3) is 0.348. The highest BCUT2D eigenvalue weighted by Gasteiger charge is 2.36. The zero-order chi connectivity index (χ0) is 22.2. The van der Waals surface area contributed by atoms with Crippen molar-refractivity contribution in [2.75, 3.05) is 16.8 Å². The lowest BCUT2D eigenvalue weighted by atomic mass is 9.92. The summed E-state index contributed by atoms with van der Waals surface area (Å²) in [5, 5.41) is 7.56. The summed E-state index contributed by atoms with van der Waals surface area (Å²) >= 11 is 0. The van der Waals surface area contributed by atoms with E-state index in [1.807, 2.05) is 58.0 Å². The largest absolute Gasteiger partial charge is 0.312 e. The van der Waals surface area contributed by atoms with Crippen molar-refractivity contribution in [3.05, 3.63) is 60.0 Å². The molecule has 8 heteroatoms. The molecule has 1 unspecified atom stereocenters. The van der Waals surface area contributed by atoms with Crippen LogP contribution in [0.4, 0.5) is 11.5 Å². The number of nitrogens with one attached hydrogen (secondary N) is 1. The van der Waals surface area contributed by atoms with Crippen molar-refractivity contribution < 1.29 is 9.59 Å². The SMILES string of the molecule is Cc1ccc(N2CC(C(=O)Nc3cc(C(C)(C)C)nn3-c3ncccn3)CC2=O)cc1. The lowest BCUT2D eigenvalue weighted by Gasteiger charge is -2.17. The lowest BCUT2D eigenvalue weighted by Crippen LogP contribution is -2.28. The molecule has 0 aliphatic carbocycles. The Labute approximate surface area is 181 Å². The number of carbonyl (C=O) groups is 2. The molecule has 2 amide bonds. The molecule has 160 valence electrons. The maximum Gasteiger partial charge on any atom is 0.252 e. The van der Waals surface area contributed by atoms with Crippen LogP contribution in [0.5, 0.6) is 0 Å². The van der Waals surface area contributed by atoms with E-state index in [1.165, 1.54) is 4.68 Å². The summed E-state index contributed by atoms with van der Waals surface area (Å²) in [6, 6.07) is 11.3. The average molecular weight is 419 g/mol. The molecule has 1 N–H and O–H groups in total. The van der Waals surface area contributed by atoms with Crippen molar-refractivity contribution in [3.8, 4) is 5.95 Å². The Kier molecular flexibility index (Phi) is 5.31. The Morgan fingerprint density at radius 3 is 2.45 bits per heavy atom. The number of hydrogen-bond acceptors (Lipinski definition) is 5. The number of carbonyl (C=O) groups excluding carboxylic acids is 2. The maximum atomic E-state index is 13.1. The first-order valence-corrected chi connectivity index (χ1v) is 10.3. The summed E-state index contributed by atoms with van der Waals surface area (Å²) in [5.41, 5.74) is 2.52. The van der Waals surface area contributed by atoms with Gasteiger partial charge >= 0.3 is 0 Å². The zero-order valence-electron chi connectivity index (χ0n) is 18.2. The maximum absolute atomic E-state index is 13.1. The minimum absolute atomic E-state index is 0.0562. The molecule has 3 aromatic rings. The second-order valence-electron chi connectivity index (χ2n) is 8.86. The fourth-order valence-electron chi connectivity index (χ4n) is 3.48. The molecule has 1 aromatic carbocycles. The van der Waals surface area contributed by atoms with Crippen molar-refractivity contribution >= 4 is 23.3 Å². The number of hydrogen-bond donors (Lipinski definition) is 1. The number of benzene rings is 1. The summed E-state index contributed by atoms with van der Waals surface area (Å²) in [7, 11) is 0. The van der Waals surface area contributed by atoms with Gasteiger partial charge in [0.2, 0.25) is 11.8 Å². The molecule has 0 spiro atoms. The summed E-state index contributed by atoms with van der Waals surface area (Å²) in [6.45, 7) is 8.48. The predicted molar refractivity (Wildman–Crippen MR) is 118 cm³/mol. The number of amides is 2. The Balaban J connectivity index is 1.56. The van der Waals surface area contributed by atoms with Crippen molar-refractivity contribution in [2.45, 2.75) is 39.5 Å². The first kappa shape index (κ1) is 20.7. The Morgan fingerprint density at radius 2 is 1.81 bits per heavy atom. The second-order valence-corrected chi connectivity index (χ2v) is 8.86. The summed E-state index contributed by atoms with van der Waals surface area (Å²) in [4.78, 5) is 35.8. The van der Waals surface area contributed by atoms with E-state index in [0.717, 1.165) is 16.9 Å². The first-order valence-electron chi connectivity index (χ1n) is 10.3. The van der Waals surface area contributed by atoms with Crippen LogP contribution in [0, 0.1) is 12.8 Å². The van der Waals surface area contributed by atoms with E-state index >= 15 is 0 Å². The van der Waals surface area contributed by atoms with E-state index in [9.17, 15) is 9.59 Å². The van der Waals surface area contributed by atoms with Gasteiger partial charge in [-0.1, -0.05) is 38.5 Å². The molecule has 0 bridgehead atoms. The predicted octanol–water partition coefficient (Wildman–Crippen LogP) is 3.26. The van der Waals surface area contributed by atoms with Gasteiger partial charge in [0.25, 0.3) is 5.95 Å². The highest BCUT2D eigenvalue weighted by molar-refractivity contribution is 6.03. The van der Waals surface area contributed by atoms with Gasteiger partial charge in [-0.2, -0.15) is 9.78 Å². The van der Waals surface area contributed by atoms with Gasteiger partial charge in [0.05, 0.1) is 11.6 Å². The summed E-state index contributed by atoms with van der Waals surface area (Å²) in [6.07, 6.45) is 3.42. The van der Waals surface area contributed by atoms with Crippen molar-refractivity contribution in [3.63, 3.8) is 0 Å². The van der Waals surface area contributed by atoms with E-state index in [2.05, 4.69) is 20.4 Å². The molecule has 0 radical (unpaired) electrons. The monoisotopic (exact) mass is 418 g/mol. The molecule has 31 heavy (non-hydrogen) atoms. The highest BCUT2D eigenvalue weighted by atomic mass is 16.2. The van der Waals surface area contributed by atoms with Crippen LogP contribution in [0.25, 0.3) is 5.95 Å². The molecule has 1 fully saturated rings. The van der Waals surface area contributed by atoms with E-state index in [4.69, 9.17) is 0 Å². The molecule has 4 rings (SSSR count). The van der Waals surface area contributed by atoms with E-state index in [0.29, 0.717) is 18.3 Å². The molecular weight excluding hydrogens is 392 g/mol. The fourth-order valence-corrected chi connectivity index (χ4v) is 3.48. The quantitative estimate of drug-likeness (QED) is 0.702. The van der Waals surface area contributed by atoms with Crippen LogP contribution < -0.4 is 10.2 Å². The van der Waals surface area contributed by atoms with Gasteiger partial charge < -0.3 is 10.2 Å². The first-order chi connectivity index (χ1) is 14.7. The number of aromatic nitrogens is 4. The molecular formula is C23H26N6O2. The van der Waals surface area contributed by atoms with Crippen LogP contribution in [0.2, 0.25) is 0 Å². The molecule has 8 nitrogen and oxygen atoms in total. The third-order valence-electron chi connectivity index (χ3n) is 5.31. The highest BCUT2D eigenvalue weighted by Crippen LogP contribution is 2.28. The van der Waals surface area contributed by atoms with Gasteiger partial charge in [-0.15, -0.1) is 0 Å². The van der Waals surface area contributed by atoms with Gasteiger partial charge in [-0.25, -0.2) is 9.97 Å². The van der Waals surface area contributed by atoms with Crippen LogP contribution in [-0.2, 0) is 15.0 Å². The van der Waals surface area contributed by atoms with E-state index < -0.39 is 5.92 Å². The zero-order valence-corrected chi connectivity index (χ0v) is 18.2. The topological polar surface area (TPSA) is 93.0 Å². The van der Waals surface area contributed by atoms with Gasteiger partial charge in [-0.05, 0) is 25.1 Å². The molecule has 1 atom stereocenters. The van der Waals surface area contributed by atoms with Crippen LogP contribution in [-0.4, -0.2) is 38.1 Å². The average Bonchev–Trinajstić information content (AvgIpc) is 3.33. The van der Waals surface area contributed by atoms with Crippen molar-refractivity contribution in [1.29, 1.82) is 0 Å². The lowest BCUT2D eigenvalue weighted by molar-refractivity contribution is -0.122. The molecule has 0 saturated carbocycles. The van der Waals surface area contributed by atoms with Crippen LogP contribution in [0.3, 0.4) is 0 Å². The van der Waals surface area contributed by atoms with E-state index in [1.54, 1.807) is 23.4 Å². The normalized spacial score (nSPS) is 16.6. The van der Waals surface area contributed by atoms with Crippen LogP contribution >= 0.6 is 0 Å². The smallest absolute Gasteiger partial charge is 0.252 e. The van der Waals surface area contributed by atoms with Gasteiger partial charge in [-0.3, -0.25) is 9.59 Å². The Hall–Kier alpha value is -3.55. The summed E-state index contributed by atoms with van der Waals surface area (Å²) < 4.78 is 1.53. The third-order valence-corrected chi connectivity index (χ3v) is 5.31. The Morgan fingerprint density at radius 1 is 1.13 bits per heavy atom. The molecule has 2 aromatic heterocycles. The minimum Gasteiger partial charge on any atom is -0.312 e. The van der Waals surface area contributed by atoms with Crippen molar-refractivity contribution in [1.82, 2.24) is 19.7 Å². The van der Waals surface area contributed by atoms with Crippen LogP contribution in [0.1, 0.15) is 38.4 Å². The second kappa shape index (κ2) is 7.94. The number of nitrogens with zero attached hydrogens (tertiary/aromatic N) is 5. The molecule has 1 saturated heterocycles. The molecule has 1 aliphatic heterocycles.